The molecule has 0 aliphatic carbocycles. The van der Waals surface area contributed by atoms with Crippen molar-refractivity contribution in [2.24, 2.45) is 0 Å². The van der Waals surface area contributed by atoms with Crippen molar-refractivity contribution in [3.63, 3.8) is 0 Å². The summed E-state index contributed by atoms with van der Waals surface area (Å²) in [5.74, 6) is -1.84. The number of carboxylic acid groups (broad SMARTS) is 1. The number of hydrogen-bond acceptors (Lipinski definition) is 5. The molecule has 0 saturated carbocycles. The summed E-state index contributed by atoms with van der Waals surface area (Å²) in [6.45, 7) is 6.98. The molecular formula is C36H33ClN2O4S. The third kappa shape index (κ3) is 7.42. The van der Waals surface area contributed by atoms with Crippen LogP contribution >= 0.6 is 23.5 Å². The third-order valence-corrected chi connectivity index (χ3v) is 8.98. The molecule has 5 rings (SSSR count). The van der Waals surface area contributed by atoms with E-state index < -0.39 is 11.7 Å². The highest BCUT2D eigenvalue weighted by Crippen LogP contribution is 2.33. The monoisotopic (exact) mass is 624 g/mol. The van der Waals surface area contributed by atoms with Crippen molar-refractivity contribution in [3.05, 3.63) is 135 Å². The van der Waals surface area contributed by atoms with Gasteiger partial charge in [0.1, 0.15) is 11.3 Å². The zero-order valence-corrected chi connectivity index (χ0v) is 26.3. The van der Waals surface area contributed by atoms with Crippen LogP contribution in [0.15, 0.2) is 102 Å². The fourth-order valence-electron chi connectivity index (χ4n) is 5.30. The number of aromatic hydroxyl groups is 1. The molecule has 44 heavy (non-hydrogen) atoms. The molecule has 0 atom stereocenters. The maximum Gasteiger partial charge on any atom is 0.339 e. The van der Waals surface area contributed by atoms with Crippen molar-refractivity contribution in [1.82, 2.24) is 4.31 Å². The van der Waals surface area contributed by atoms with E-state index in [-0.39, 0.29) is 24.6 Å². The summed E-state index contributed by atoms with van der Waals surface area (Å²) in [6.07, 6.45) is 0. The third-order valence-electron chi connectivity index (χ3n) is 7.39. The van der Waals surface area contributed by atoms with Gasteiger partial charge < -0.3 is 15.1 Å². The average molecular weight is 625 g/mol. The fourth-order valence-corrected chi connectivity index (χ4v) is 6.48. The molecule has 0 bridgehead atoms. The molecule has 6 nitrogen and oxygen atoms in total. The van der Waals surface area contributed by atoms with Gasteiger partial charge in [0.15, 0.2) is 0 Å². The minimum atomic E-state index is -1.24. The standard InChI is InChI=1S/C36H33ClN2O4S/c1-23-16-24(2)35(25(3)17-23)44-38(20-26-9-12-30(37)13-10-26)22-34(41)39(31-14-15-32(36(42)43)33(40)19-31)21-27-8-11-28-6-4-5-7-29(28)18-27/h4-19,40H,20-22H2,1-3H3,(H,42,43). The van der Waals surface area contributed by atoms with E-state index in [1.165, 1.54) is 29.6 Å². The number of aryl methyl sites for hydroxylation is 3. The Morgan fingerprint density at radius 2 is 1.43 bits per heavy atom. The van der Waals surface area contributed by atoms with Crippen molar-refractivity contribution >= 4 is 51.9 Å². The summed E-state index contributed by atoms with van der Waals surface area (Å²) in [5.41, 5.74) is 5.52. The Morgan fingerprint density at radius 3 is 2.09 bits per heavy atom. The van der Waals surface area contributed by atoms with Crippen LogP contribution in [0.1, 0.15) is 38.2 Å². The Balaban J connectivity index is 1.51. The van der Waals surface area contributed by atoms with Crippen LogP contribution in [0.5, 0.6) is 5.75 Å². The summed E-state index contributed by atoms with van der Waals surface area (Å²) in [7, 11) is 0. The van der Waals surface area contributed by atoms with E-state index in [9.17, 15) is 19.8 Å². The van der Waals surface area contributed by atoms with Gasteiger partial charge in [-0.1, -0.05) is 77.8 Å². The number of phenols is 1. The number of amides is 1. The molecule has 0 aromatic heterocycles. The smallest absolute Gasteiger partial charge is 0.339 e. The molecule has 5 aromatic carbocycles. The molecule has 0 fully saturated rings. The summed E-state index contributed by atoms with van der Waals surface area (Å²) in [6, 6.07) is 30.1. The summed E-state index contributed by atoms with van der Waals surface area (Å²) < 4.78 is 2.02. The lowest BCUT2D eigenvalue weighted by Crippen LogP contribution is -2.38. The SMILES string of the molecule is Cc1cc(C)c(SN(CC(=O)N(Cc2ccc3ccccc3c2)c2ccc(C(=O)O)c(O)c2)Cc2ccc(Cl)cc2)c(C)c1. The van der Waals surface area contributed by atoms with Gasteiger partial charge in [0.05, 0.1) is 13.1 Å². The number of carboxylic acids is 1. The van der Waals surface area contributed by atoms with E-state index in [4.69, 9.17) is 11.6 Å². The van der Waals surface area contributed by atoms with Gasteiger partial charge in [0.2, 0.25) is 5.91 Å². The topological polar surface area (TPSA) is 81.1 Å². The molecular weight excluding hydrogens is 592 g/mol. The molecule has 8 heteroatoms. The van der Waals surface area contributed by atoms with Crippen LogP contribution in [0.25, 0.3) is 10.8 Å². The van der Waals surface area contributed by atoms with Crippen molar-refractivity contribution < 1.29 is 19.8 Å². The van der Waals surface area contributed by atoms with Crippen molar-refractivity contribution in [3.8, 4) is 5.75 Å². The Hall–Kier alpha value is -4.30. The fraction of sp³-hybridized carbons (Fsp3) is 0.167. The van der Waals surface area contributed by atoms with Crippen LogP contribution < -0.4 is 4.90 Å². The van der Waals surface area contributed by atoms with Gasteiger partial charge in [-0.05, 0) is 96.1 Å². The largest absolute Gasteiger partial charge is 0.507 e. The molecule has 2 N–H and O–H groups in total. The summed E-state index contributed by atoms with van der Waals surface area (Å²) in [5, 5.41) is 22.8. The highest BCUT2D eigenvalue weighted by Gasteiger charge is 2.23. The van der Waals surface area contributed by atoms with Gasteiger partial charge in [-0.2, -0.15) is 0 Å². The van der Waals surface area contributed by atoms with Crippen LogP contribution in [0, 0.1) is 20.8 Å². The molecule has 0 heterocycles. The van der Waals surface area contributed by atoms with E-state index in [1.54, 1.807) is 11.0 Å². The molecule has 0 radical (unpaired) electrons. The summed E-state index contributed by atoms with van der Waals surface area (Å²) >= 11 is 7.68. The zero-order chi connectivity index (χ0) is 31.4. The lowest BCUT2D eigenvalue weighted by atomic mass is 10.1. The van der Waals surface area contributed by atoms with Gasteiger partial charge in [0, 0.05) is 28.2 Å². The van der Waals surface area contributed by atoms with Crippen molar-refractivity contribution in [2.45, 2.75) is 38.8 Å². The lowest BCUT2D eigenvalue weighted by molar-refractivity contribution is -0.118. The quantitative estimate of drug-likeness (QED) is 0.152. The Kier molecular flexibility index (Phi) is 9.59. The highest BCUT2D eigenvalue weighted by molar-refractivity contribution is 7.97. The van der Waals surface area contributed by atoms with Crippen LogP contribution in [-0.4, -0.2) is 32.9 Å². The second-order valence-corrected chi connectivity index (χ2v) is 12.5. The number of rotatable bonds is 10. The minimum absolute atomic E-state index is 0.0507. The highest BCUT2D eigenvalue weighted by atomic mass is 35.5. The second-order valence-electron chi connectivity index (χ2n) is 10.9. The maximum atomic E-state index is 14.3. The molecule has 0 unspecified atom stereocenters. The first-order valence-corrected chi connectivity index (χ1v) is 15.3. The number of nitrogens with zero attached hydrogens (tertiary/aromatic N) is 2. The summed E-state index contributed by atoms with van der Waals surface area (Å²) in [4.78, 5) is 28.5. The molecule has 0 saturated heterocycles. The number of hydrogen-bond donors (Lipinski definition) is 2. The molecule has 1 amide bonds. The number of anilines is 1. The maximum absolute atomic E-state index is 14.3. The van der Waals surface area contributed by atoms with Crippen LogP contribution in [0.2, 0.25) is 5.02 Å². The Labute approximate surface area is 266 Å². The van der Waals surface area contributed by atoms with E-state index in [0.29, 0.717) is 17.3 Å². The van der Waals surface area contributed by atoms with E-state index in [1.807, 2.05) is 71.0 Å². The molecule has 0 aliphatic rings. The molecule has 224 valence electrons. The Morgan fingerprint density at radius 1 is 0.773 bits per heavy atom. The van der Waals surface area contributed by atoms with Crippen molar-refractivity contribution in [2.75, 3.05) is 11.4 Å². The number of carbonyl (C=O) groups is 2. The first-order valence-electron chi connectivity index (χ1n) is 14.2. The van der Waals surface area contributed by atoms with Gasteiger partial charge in [0.25, 0.3) is 0 Å². The minimum Gasteiger partial charge on any atom is -0.507 e. The number of benzene rings is 5. The van der Waals surface area contributed by atoms with Gasteiger partial charge >= 0.3 is 5.97 Å². The van der Waals surface area contributed by atoms with Gasteiger partial charge in [-0.3, -0.25) is 4.79 Å². The number of fused-ring (bicyclic) bond motifs is 1. The van der Waals surface area contributed by atoms with Crippen LogP contribution in [-0.2, 0) is 17.9 Å². The molecule has 0 spiro atoms. The zero-order valence-electron chi connectivity index (χ0n) is 24.8. The number of halogens is 1. The number of aromatic carboxylic acids is 1. The second kappa shape index (κ2) is 13.6. The average Bonchev–Trinajstić information content (AvgIpc) is 2.98. The first kappa shape index (κ1) is 31.1. The Bertz CT molecular complexity index is 1820. The van der Waals surface area contributed by atoms with E-state index in [0.717, 1.165) is 37.9 Å². The molecule has 5 aromatic rings. The van der Waals surface area contributed by atoms with E-state index >= 15 is 0 Å². The predicted octanol–water partition coefficient (Wildman–Crippen LogP) is 8.56. The van der Waals surface area contributed by atoms with Crippen LogP contribution in [0.3, 0.4) is 0 Å². The van der Waals surface area contributed by atoms with E-state index in [2.05, 4.69) is 32.9 Å². The lowest BCUT2D eigenvalue weighted by Gasteiger charge is -2.28. The molecule has 0 aliphatic heterocycles. The predicted molar refractivity (Wildman–Crippen MR) is 179 cm³/mol. The van der Waals surface area contributed by atoms with Crippen LogP contribution in [0.4, 0.5) is 5.69 Å². The van der Waals surface area contributed by atoms with Crippen molar-refractivity contribution in [1.29, 1.82) is 0 Å². The van der Waals surface area contributed by atoms with Gasteiger partial charge in [-0.15, -0.1) is 0 Å². The van der Waals surface area contributed by atoms with Gasteiger partial charge in [-0.25, -0.2) is 9.10 Å². The normalized spacial score (nSPS) is 11.2. The first-order chi connectivity index (χ1) is 21.1. The number of carbonyl (C=O) groups excluding carboxylic acids is 1.